The van der Waals surface area contributed by atoms with Gasteiger partial charge in [-0.15, -0.1) is 0 Å². The number of ether oxygens (including phenoxy) is 2. The summed E-state index contributed by atoms with van der Waals surface area (Å²) >= 11 is 0. The average molecular weight is 330 g/mol. The molecule has 1 atom stereocenters. The van der Waals surface area contributed by atoms with Crippen molar-refractivity contribution in [3.05, 3.63) is 35.4 Å². The van der Waals surface area contributed by atoms with Gasteiger partial charge in [-0.3, -0.25) is 9.69 Å². The average Bonchev–Trinajstić information content (AvgIpc) is 3.07. The molecule has 3 aliphatic heterocycles. The lowest BCUT2D eigenvalue weighted by atomic mass is 9.99. The van der Waals surface area contributed by atoms with Gasteiger partial charge in [0.1, 0.15) is 5.60 Å². The van der Waals surface area contributed by atoms with Crippen molar-refractivity contribution in [1.29, 1.82) is 0 Å². The standard InChI is InChI=1S/C19H26N2O3/c22-18(21-9-5-16-3-1-2-4-17(16)13-21)6-8-20-10-12-24-19(14-20)7-11-23-15-19/h1-4H,5-15H2. The van der Waals surface area contributed by atoms with Gasteiger partial charge in [0.15, 0.2) is 0 Å². The molecule has 0 radical (unpaired) electrons. The molecule has 2 saturated heterocycles. The molecular formula is C19H26N2O3. The molecule has 0 N–H and O–H groups in total. The molecule has 0 aliphatic carbocycles. The van der Waals surface area contributed by atoms with E-state index in [0.29, 0.717) is 13.0 Å². The van der Waals surface area contributed by atoms with E-state index in [2.05, 4.69) is 29.2 Å². The zero-order valence-corrected chi connectivity index (χ0v) is 14.2. The van der Waals surface area contributed by atoms with Crippen LogP contribution in [-0.4, -0.2) is 67.3 Å². The van der Waals surface area contributed by atoms with Crippen LogP contribution in [0, 0.1) is 0 Å². The van der Waals surface area contributed by atoms with E-state index >= 15 is 0 Å². The van der Waals surface area contributed by atoms with Gasteiger partial charge in [0.05, 0.1) is 13.2 Å². The van der Waals surface area contributed by atoms with Crippen LogP contribution >= 0.6 is 0 Å². The Labute approximate surface area is 143 Å². The maximum atomic E-state index is 12.6. The van der Waals surface area contributed by atoms with Crippen molar-refractivity contribution in [1.82, 2.24) is 9.80 Å². The van der Waals surface area contributed by atoms with Crippen LogP contribution < -0.4 is 0 Å². The third-order valence-corrected chi connectivity index (χ3v) is 5.52. The summed E-state index contributed by atoms with van der Waals surface area (Å²) in [6, 6.07) is 8.45. The van der Waals surface area contributed by atoms with Crippen molar-refractivity contribution in [2.45, 2.75) is 31.4 Å². The van der Waals surface area contributed by atoms with E-state index < -0.39 is 0 Å². The Morgan fingerprint density at radius 2 is 2.04 bits per heavy atom. The third kappa shape index (κ3) is 3.34. The van der Waals surface area contributed by atoms with E-state index in [4.69, 9.17) is 9.47 Å². The number of nitrogens with zero attached hydrogens (tertiary/aromatic N) is 2. The van der Waals surface area contributed by atoms with Gasteiger partial charge in [-0.25, -0.2) is 0 Å². The summed E-state index contributed by atoms with van der Waals surface area (Å²) in [6.45, 7) is 6.46. The van der Waals surface area contributed by atoms with Gasteiger partial charge in [-0.1, -0.05) is 24.3 Å². The summed E-state index contributed by atoms with van der Waals surface area (Å²) in [6.07, 6.45) is 2.54. The smallest absolute Gasteiger partial charge is 0.224 e. The van der Waals surface area contributed by atoms with Gasteiger partial charge in [0.25, 0.3) is 0 Å². The second-order valence-electron chi connectivity index (χ2n) is 7.19. The Balaban J connectivity index is 1.29. The number of rotatable bonds is 3. The Kier molecular flexibility index (Phi) is 4.57. The van der Waals surface area contributed by atoms with Crippen molar-refractivity contribution in [3.63, 3.8) is 0 Å². The fourth-order valence-corrected chi connectivity index (χ4v) is 4.06. The number of amides is 1. The highest BCUT2D eigenvalue weighted by molar-refractivity contribution is 5.76. The molecule has 0 saturated carbocycles. The van der Waals surface area contributed by atoms with Gasteiger partial charge in [-0.05, 0) is 17.5 Å². The maximum Gasteiger partial charge on any atom is 0.224 e. The fraction of sp³-hybridized carbons (Fsp3) is 0.632. The summed E-state index contributed by atoms with van der Waals surface area (Å²) in [5, 5.41) is 0. The molecule has 1 unspecified atom stereocenters. The minimum Gasteiger partial charge on any atom is -0.378 e. The summed E-state index contributed by atoms with van der Waals surface area (Å²) in [5.74, 6) is 0.271. The second kappa shape index (κ2) is 6.82. The zero-order chi connectivity index (χ0) is 16.4. The van der Waals surface area contributed by atoms with E-state index in [1.54, 1.807) is 0 Å². The molecule has 0 bridgehead atoms. The zero-order valence-electron chi connectivity index (χ0n) is 14.2. The van der Waals surface area contributed by atoms with Crippen LogP contribution in [0.4, 0.5) is 0 Å². The molecule has 130 valence electrons. The van der Waals surface area contributed by atoms with Crippen molar-refractivity contribution in [2.24, 2.45) is 0 Å². The minimum absolute atomic E-state index is 0.120. The van der Waals surface area contributed by atoms with E-state index in [1.807, 2.05) is 4.90 Å². The van der Waals surface area contributed by atoms with E-state index in [9.17, 15) is 4.79 Å². The topological polar surface area (TPSA) is 42.0 Å². The van der Waals surface area contributed by atoms with Crippen molar-refractivity contribution in [3.8, 4) is 0 Å². The largest absolute Gasteiger partial charge is 0.378 e. The molecule has 4 rings (SSSR count). The van der Waals surface area contributed by atoms with Gasteiger partial charge in [0.2, 0.25) is 5.91 Å². The van der Waals surface area contributed by atoms with Crippen molar-refractivity contribution >= 4 is 5.91 Å². The second-order valence-corrected chi connectivity index (χ2v) is 7.19. The Hall–Kier alpha value is -1.43. The molecular weight excluding hydrogens is 304 g/mol. The van der Waals surface area contributed by atoms with E-state index in [-0.39, 0.29) is 11.5 Å². The highest BCUT2D eigenvalue weighted by atomic mass is 16.6. The van der Waals surface area contributed by atoms with Crippen LogP contribution in [-0.2, 0) is 27.2 Å². The molecule has 24 heavy (non-hydrogen) atoms. The molecule has 0 aromatic heterocycles. The first kappa shape index (κ1) is 16.1. The highest BCUT2D eigenvalue weighted by Gasteiger charge is 2.40. The molecule has 5 nitrogen and oxygen atoms in total. The normalized spacial score (nSPS) is 27.4. The van der Waals surface area contributed by atoms with Crippen LogP contribution in [0.2, 0.25) is 0 Å². The van der Waals surface area contributed by atoms with Crippen LogP contribution in [0.3, 0.4) is 0 Å². The highest BCUT2D eigenvalue weighted by Crippen LogP contribution is 2.27. The molecule has 1 aromatic rings. The number of carbonyl (C=O) groups excluding carboxylic acids is 1. The molecule has 2 fully saturated rings. The third-order valence-electron chi connectivity index (χ3n) is 5.52. The number of hydrogen-bond acceptors (Lipinski definition) is 4. The fourth-order valence-electron chi connectivity index (χ4n) is 4.06. The summed E-state index contributed by atoms with van der Waals surface area (Å²) in [7, 11) is 0. The summed E-state index contributed by atoms with van der Waals surface area (Å²) in [4.78, 5) is 17.0. The summed E-state index contributed by atoms with van der Waals surface area (Å²) < 4.78 is 11.5. The molecule has 1 aromatic carbocycles. The van der Waals surface area contributed by atoms with Crippen molar-refractivity contribution in [2.75, 3.05) is 46.0 Å². The van der Waals surface area contributed by atoms with E-state index in [1.165, 1.54) is 11.1 Å². The SMILES string of the molecule is O=C(CCN1CCOC2(CCOC2)C1)N1CCc2ccccc2C1. The van der Waals surface area contributed by atoms with Crippen LogP contribution in [0.15, 0.2) is 24.3 Å². The number of benzene rings is 1. The molecule has 3 heterocycles. The molecule has 1 amide bonds. The van der Waals surface area contributed by atoms with Gasteiger partial charge >= 0.3 is 0 Å². The monoisotopic (exact) mass is 330 g/mol. The Morgan fingerprint density at radius 1 is 1.17 bits per heavy atom. The number of hydrogen-bond donors (Lipinski definition) is 0. The maximum absolute atomic E-state index is 12.6. The van der Waals surface area contributed by atoms with Crippen LogP contribution in [0.25, 0.3) is 0 Å². The number of fused-ring (bicyclic) bond motifs is 1. The predicted octanol–water partition coefficient (Wildman–Crippen LogP) is 1.45. The molecule has 5 heteroatoms. The van der Waals surface area contributed by atoms with Gasteiger partial charge in [-0.2, -0.15) is 0 Å². The van der Waals surface area contributed by atoms with Gasteiger partial charge in [0, 0.05) is 52.2 Å². The lowest BCUT2D eigenvalue weighted by Crippen LogP contribution is -2.53. The number of carbonyl (C=O) groups is 1. The lowest BCUT2D eigenvalue weighted by molar-refractivity contribution is -0.134. The van der Waals surface area contributed by atoms with Gasteiger partial charge < -0.3 is 14.4 Å². The van der Waals surface area contributed by atoms with E-state index in [0.717, 1.165) is 58.8 Å². The lowest BCUT2D eigenvalue weighted by Gasteiger charge is -2.39. The Morgan fingerprint density at radius 3 is 2.88 bits per heavy atom. The Bertz CT molecular complexity index is 598. The predicted molar refractivity (Wildman–Crippen MR) is 90.7 cm³/mol. The quantitative estimate of drug-likeness (QED) is 0.841. The molecule has 3 aliphatic rings. The first-order chi connectivity index (χ1) is 11.7. The van der Waals surface area contributed by atoms with Crippen LogP contribution in [0.1, 0.15) is 24.0 Å². The van der Waals surface area contributed by atoms with Crippen LogP contribution in [0.5, 0.6) is 0 Å². The first-order valence-electron chi connectivity index (χ1n) is 9.03. The first-order valence-corrected chi connectivity index (χ1v) is 9.03. The molecule has 1 spiro atoms. The van der Waals surface area contributed by atoms with Crippen molar-refractivity contribution < 1.29 is 14.3 Å². The minimum atomic E-state index is -0.120. The summed E-state index contributed by atoms with van der Waals surface area (Å²) in [5.41, 5.74) is 2.56. The number of morpholine rings is 1.